The Hall–Kier alpha value is -0.763. The molecule has 0 aliphatic rings. The number of benzene rings is 1. The van der Waals surface area contributed by atoms with Crippen molar-refractivity contribution in [1.29, 1.82) is 0 Å². The fourth-order valence-corrected chi connectivity index (χ4v) is 1.62. The molecule has 0 saturated carbocycles. The molecule has 1 aromatic carbocycles. The standard InChI is InChI=1S/C11H16NSi/c1-3-11(13)9-7-5-6-8-10(9)12-4-2/h5-8,11-12H,3-4H2,1-2H3. The van der Waals surface area contributed by atoms with E-state index in [1.54, 1.807) is 0 Å². The molecule has 1 rings (SSSR count). The van der Waals surface area contributed by atoms with E-state index in [9.17, 15) is 0 Å². The van der Waals surface area contributed by atoms with Gasteiger partial charge in [-0.25, -0.2) is 0 Å². The molecule has 0 aliphatic heterocycles. The topological polar surface area (TPSA) is 12.0 Å². The van der Waals surface area contributed by atoms with Crippen LogP contribution in [0.1, 0.15) is 31.4 Å². The van der Waals surface area contributed by atoms with Crippen molar-refractivity contribution in [3.05, 3.63) is 29.8 Å². The van der Waals surface area contributed by atoms with Crippen LogP contribution in [-0.2, 0) is 0 Å². The summed E-state index contributed by atoms with van der Waals surface area (Å²) >= 11 is 0. The fourth-order valence-electron chi connectivity index (χ4n) is 1.37. The van der Waals surface area contributed by atoms with Crippen molar-refractivity contribution < 1.29 is 0 Å². The molecule has 0 saturated heterocycles. The van der Waals surface area contributed by atoms with Crippen molar-refractivity contribution in [2.45, 2.75) is 25.8 Å². The van der Waals surface area contributed by atoms with Crippen LogP contribution in [0.3, 0.4) is 0 Å². The minimum absolute atomic E-state index is 0.454. The molecule has 69 valence electrons. The van der Waals surface area contributed by atoms with Crippen molar-refractivity contribution in [2.24, 2.45) is 0 Å². The van der Waals surface area contributed by atoms with Crippen molar-refractivity contribution in [3.63, 3.8) is 0 Å². The van der Waals surface area contributed by atoms with Gasteiger partial charge in [-0.3, -0.25) is 0 Å². The Morgan fingerprint density at radius 1 is 1.31 bits per heavy atom. The molecule has 0 aromatic heterocycles. The quantitative estimate of drug-likeness (QED) is 0.720. The Labute approximate surface area is 84.0 Å². The lowest BCUT2D eigenvalue weighted by atomic mass is 10.1. The highest BCUT2D eigenvalue weighted by Crippen LogP contribution is 2.24. The summed E-state index contributed by atoms with van der Waals surface area (Å²) in [6, 6.07) is 8.44. The van der Waals surface area contributed by atoms with Gasteiger partial charge in [-0.05, 0) is 24.1 Å². The van der Waals surface area contributed by atoms with Crippen LogP contribution in [0.2, 0.25) is 0 Å². The highest BCUT2D eigenvalue weighted by molar-refractivity contribution is 6.12. The van der Waals surface area contributed by atoms with Gasteiger partial charge in [0.15, 0.2) is 0 Å². The summed E-state index contributed by atoms with van der Waals surface area (Å²) in [5.74, 6) is 0. The Morgan fingerprint density at radius 2 is 2.00 bits per heavy atom. The molecular weight excluding hydrogens is 174 g/mol. The maximum Gasteiger partial charge on any atom is 0.0372 e. The zero-order chi connectivity index (χ0) is 9.68. The van der Waals surface area contributed by atoms with E-state index in [0.29, 0.717) is 5.54 Å². The van der Waals surface area contributed by atoms with Gasteiger partial charge >= 0.3 is 0 Å². The summed E-state index contributed by atoms with van der Waals surface area (Å²) in [4.78, 5) is 0. The van der Waals surface area contributed by atoms with Crippen LogP contribution in [0.4, 0.5) is 5.69 Å². The molecule has 0 amide bonds. The van der Waals surface area contributed by atoms with Gasteiger partial charge in [0.05, 0.1) is 0 Å². The van der Waals surface area contributed by atoms with Crippen LogP contribution >= 0.6 is 0 Å². The lowest BCUT2D eigenvalue weighted by Gasteiger charge is -2.15. The fraction of sp³-hybridized carbons (Fsp3) is 0.455. The van der Waals surface area contributed by atoms with Gasteiger partial charge in [0.25, 0.3) is 0 Å². The van der Waals surface area contributed by atoms with E-state index in [0.717, 1.165) is 13.0 Å². The largest absolute Gasteiger partial charge is 0.385 e. The molecule has 0 bridgehead atoms. The summed E-state index contributed by atoms with van der Waals surface area (Å²) in [6.45, 7) is 5.27. The average molecular weight is 190 g/mol. The monoisotopic (exact) mass is 190 g/mol. The predicted molar refractivity (Wildman–Crippen MR) is 59.4 cm³/mol. The molecule has 1 N–H and O–H groups in total. The molecule has 0 aliphatic carbocycles. The minimum Gasteiger partial charge on any atom is -0.385 e. The molecule has 0 heterocycles. The average Bonchev–Trinajstić information content (AvgIpc) is 2.18. The van der Waals surface area contributed by atoms with Crippen molar-refractivity contribution in [1.82, 2.24) is 0 Å². The summed E-state index contributed by atoms with van der Waals surface area (Å²) in [7, 11) is 3.72. The third-order valence-electron chi connectivity index (χ3n) is 2.11. The van der Waals surface area contributed by atoms with E-state index < -0.39 is 0 Å². The molecule has 0 fully saturated rings. The molecule has 1 unspecified atom stereocenters. The number of hydrogen-bond acceptors (Lipinski definition) is 1. The molecule has 2 heteroatoms. The van der Waals surface area contributed by atoms with Gasteiger partial charge in [0.1, 0.15) is 0 Å². The third-order valence-corrected chi connectivity index (χ3v) is 2.83. The van der Waals surface area contributed by atoms with Crippen LogP contribution in [0.5, 0.6) is 0 Å². The van der Waals surface area contributed by atoms with Crippen LogP contribution in [0.25, 0.3) is 0 Å². The number of nitrogens with one attached hydrogen (secondary N) is 1. The van der Waals surface area contributed by atoms with Gasteiger partial charge < -0.3 is 5.32 Å². The molecule has 13 heavy (non-hydrogen) atoms. The summed E-state index contributed by atoms with van der Waals surface area (Å²) < 4.78 is 0. The lowest BCUT2D eigenvalue weighted by Crippen LogP contribution is -2.04. The number of rotatable bonds is 4. The number of para-hydroxylation sites is 1. The Balaban J connectivity index is 2.90. The second-order valence-corrected chi connectivity index (χ2v) is 3.78. The summed E-state index contributed by atoms with van der Waals surface area (Å²) in [6.07, 6.45) is 1.11. The first kappa shape index (κ1) is 10.3. The highest BCUT2D eigenvalue weighted by atomic mass is 28.1. The maximum absolute atomic E-state index is 3.72. The first-order valence-electron chi connectivity index (χ1n) is 4.83. The summed E-state index contributed by atoms with van der Waals surface area (Å²) in [5.41, 5.74) is 3.05. The molecule has 1 atom stereocenters. The van der Waals surface area contributed by atoms with Crippen molar-refractivity contribution >= 4 is 15.9 Å². The SMILES string of the molecule is CCNc1ccccc1C([Si])CC. The van der Waals surface area contributed by atoms with Crippen molar-refractivity contribution in [2.75, 3.05) is 11.9 Å². The van der Waals surface area contributed by atoms with Gasteiger partial charge in [0, 0.05) is 22.5 Å². The maximum atomic E-state index is 3.72. The molecule has 3 radical (unpaired) electrons. The van der Waals surface area contributed by atoms with E-state index in [4.69, 9.17) is 0 Å². The van der Waals surface area contributed by atoms with E-state index in [1.807, 2.05) is 0 Å². The van der Waals surface area contributed by atoms with Crippen molar-refractivity contribution in [3.8, 4) is 0 Å². The van der Waals surface area contributed by atoms with Crippen LogP contribution in [0.15, 0.2) is 24.3 Å². The smallest absolute Gasteiger partial charge is 0.0372 e. The molecule has 1 aromatic rings. The van der Waals surface area contributed by atoms with E-state index in [2.05, 4.69) is 53.7 Å². The normalized spacial score (nSPS) is 12.5. The van der Waals surface area contributed by atoms with Crippen LogP contribution in [0, 0.1) is 0 Å². The molecular formula is C11H16NSi. The highest BCUT2D eigenvalue weighted by Gasteiger charge is 2.06. The van der Waals surface area contributed by atoms with Crippen LogP contribution in [-0.4, -0.2) is 16.8 Å². The second-order valence-electron chi connectivity index (χ2n) is 3.08. The van der Waals surface area contributed by atoms with E-state index >= 15 is 0 Å². The second kappa shape index (κ2) is 5.07. The first-order chi connectivity index (χ1) is 6.29. The van der Waals surface area contributed by atoms with Gasteiger partial charge in [0.2, 0.25) is 0 Å². The predicted octanol–water partition coefficient (Wildman–Crippen LogP) is 2.74. The van der Waals surface area contributed by atoms with Gasteiger partial charge in [-0.1, -0.05) is 31.5 Å². The Bertz CT molecular complexity index is 260. The molecule has 1 nitrogen and oxygen atoms in total. The zero-order valence-electron chi connectivity index (χ0n) is 8.30. The first-order valence-corrected chi connectivity index (χ1v) is 5.41. The van der Waals surface area contributed by atoms with E-state index in [1.165, 1.54) is 11.3 Å². The number of anilines is 1. The molecule has 0 spiro atoms. The Kier molecular flexibility index (Phi) is 4.03. The van der Waals surface area contributed by atoms with Gasteiger partial charge in [-0.2, -0.15) is 0 Å². The summed E-state index contributed by atoms with van der Waals surface area (Å²) in [5, 5.41) is 3.36. The minimum atomic E-state index is 0.454. The Morgan fingerprint density at radius 3 is 2.62 bits per heavy atom. The number of hydrogen-bond donors (Lipinski definition) is 1. The third kappa shape index (κ3) is 2.59. The zero-order valence-corrected chi connectivity index (χ0v) is 9.30. The van der Waals surface area contributed by atoms with Gasteiger partial charge in [-0.15, -0.1) is 0 Å². The lowest BCUT2D eigenvalue weighted by molar-refractivity contribution is 0.882. The van der Waals surface area contributed by atoms with E-state index in [-0.39, 0.29) is 0 Å². The van der Waals surface area contributed by atoms with Crippen LogP contribution < -0.4 is 5.32 Å².